The third-order valence-corrected chi connectivity index (χ3v) is 4.92. The molecule has 0 aliphatic heterocycles. The molecule has 0 N–H and O–H groups in total. The summed E-state index contributed by atoms with van der Waals surface area (Å²) in [6.07, 6.45) is 13.9. The van der Waals surface area contributed by atoms with Gasteiger partial charge in [0, 0.05) is 12.1 Å². The first-order chi connectivity index (χ1) is 10.3. The quantitative estimate of drug-likeness (QED) is 0.810. The molecule has 0 unspecified atom stereocenters. The minimum absolute atomic E-state index is 0.200. The van der Waals surface area contributed by atoms with E-state index in [2.05, 4.69) is 0 Å². The van der Waals surface area contributed by atoms with Crippen LogP contribution in [0.5, 0.6) is 0 Å². The lowest BCUT2D eigenvalue weighted by Crippen LogP contribution is -2.33. The van der Waals surface area contributed by atoms with Crippen LogP contribution in [0.2, 0.25) is 0 Å². The summed E-state index contributed by atoms with van der Waals surface area (Å²) in [5.74, 6) is 0.455. The molecule has 0 aromatic carbocycles. The molecule has 0 bridgehead atoms. The largest absolute Gasteiger partial charge is 0.274 e. The Labute approximate surface area is 127 Å². The summed E-state index contributed by atoms with van der Waals surface area (Å²) in [5, 5.41) is 0. The zero-order chi connectivity index (χ0) is 14.5. The Morgan fingerprint density at radius 3 is 2.33 bits per heavy atom. The standard InChI is InChI=1S/C18H26N2O/c21-18(15-9-3-1-4-10-15)20-14-8-7-13-17(20)19-16-11-5-2-6-12-16/h7-8,13-16H,1-6,9-12H2. The van der Waals surface area contributed by atoms with E-state index >= 15 is 0 Å². The van der Waals surface area contributed by atoms with Crippen LogP contribution in [0, 0.1) is 5.92 Å². The number of carbonyl (C=O) groups is 1. The fraction of sp³-hybridized carbons (Fsp3) is 0.667. The van der Waals surface area contributed by atoms with E-state index in [1.54, 1.807) is 0 Å². The van der Waals surface area contributed by atoms with E-state index in [9.17, 15) is 4.79 Å². The van der Waals surface area contributed by atoms with Crippen molar-refractivity contribution >= 4 is 5.91 Å². The number of nitrogens with zero attached hydrogens (tertiary/aromatic N) is 2. The smallest absolute Gasteiger partial charge is 0.235 e. The summed E-state index contributed by atoms with van der Waals surface area (Å²) < 4.78 is 1.81. The lowest BCUT2D eigenvalue weighted by molar-refractivity contribution is 0.0795. The maximum Gasteiger partial charge on any atom is 0.235 e. The molecule has 2 saturated carbocycles. The van der Waals surface area contributed by atoms with E-state index in [1.807, 2.05) is 29.0 Å². The average molecular weight is 286 g/mol. The molecule has 2 aliphatic rings. The SMILES string of the molecule is O=C(C1CCCCC1)n1ccccc1=NC1CCCCC1. The third-order valence-electron chi connectivity index (χ3n) is 4.92. The van der Waals surface area contributed by atoms with Crippen molar-refractivity contribution in [2.75, 3.05) is 0 Å². The number of hydrogen-bond acceptors (Lipinski definition) is 2. The van der Waals surface area contributed by atoms with Crippen molar-refractivity contribution in [2.45, 2.75) is 70.3 Å². The van der Waals surface area contributed by atoms with Crippen molar-refractivity contribution in [1.82, 2.24) is 4.57 Å². The topological polar surface area (TPSA) is 34.4 Å². The molecule has 0 spiro atoms. The molecule has 114 valence electrons. The minimum atomic E-state index is 0.200. The van der Waals surface area contributed by atoms with Gasteiger partial charge in [-0.1, -0.05) is 44.6 Å². The van der Waals surface area contributed by atoms with E-state index in [0.29, 0.717) is 6.04 Å². The second-order valence-corrected chi connectivity index (χ2v) is 6.52. The van der Waals surface area contributed by atoms with Crippen LogP contribution in [-0.4, -0.2) is 16.5 Å². The molecule has 1 aromatic rings. The third kappa shape index (κ3) is 3.63. The monoisotopic (exact) mass is 286 g/mol. The highest BCUT2D eigenvalue weighted by Gasteiger charge is 2.22. The molecule has 2 aliphatic carbocycles. The van der Waals surface area contributed by atoms with Crippen LogP contribution in [0.3, 0.4) is 0 Å². The summed E-state index contributed by atoms with van der Waals surface area (Å²) >= 11 is 0. The molecule has 1 aromatic heterocycles. The molecule has 3 heteroatoms. The molecule has 1 heterocycles. The van der Waals surface area contributed by atoms with Crippen molar-refractivity contribution in [3.63, 3.8) is 0 Å². The van der Waals surface area contributed by atoms with Gasteiger partial charge in [0.05, 0.1) is 6.04 Å². The highest BCUT2D eigenvalue weighted by Crippen LogP contribution is 2.24. The summed E-state index contributed by atoms with van der Waals surface area (Å²) in [6.45, 7) is 0. The van der Waals surface area contributed by atoms with Gasteiger partial charge < -0.3 is 0 Å². The van der Waals surface area contributed by atoms with Crippen molar-refractivity contribution in [3.05, 3.63) is 29.9 Å². The van der Waals surface area contributed by atoms with Gasteiger partial charge in [-0.05, 0) is 37.8 Å². The molecular formula is C18H26N2O. The van der Waals surface area contributed by atoms with Gasteiger partial charge in [0.2, 0.25) is 5.91 Å². The number of pyridine rings is 1. The molecule has 3 nitrogen and oxygen atoms in total. The lowest BCUT2D eigenvalue weighted by Gasteiger charge is -2.22. The normalized spacial score (nSPS) is 22.4. The molecule has 0 saturated heterocycles. The van der Waals surface area contributed by atoms with E-state index in [0.717, 1.165) is 18.3 Å². The number of aromatic nitrogens is 1. The van der Waals surface area contributed by atoms with Gasteiger partial charge in [-0.25, -0.2) is 0 Å². The highest BCUT2D eigenvalue weighted by molar-refractivity contribution is 5.81. The van der Waals surface area contributed by atoms with Crippen molar-refractivity contribution < 1.29 is 4.79 Å². The molecule has 3 rings (SSSR count). The molecule has 21 heavy (non-hydrogen) atoms. The predicted molar refractivity (Wildman–Crippen MR) is 84.1 cm³/mol. The van der Waals surface area contributed by atoms with Crippen molar-refractivity contribution in [1.29, 1.82) is 0 Å². The fourth-order valence-corrected chi connectivity index (χ4v) is 3.67. The van der Waals surface area contributed by atoms with Gasteiger partial charge in [0.25, 0.3) is 0 Å². The van der Waals surface area contributed by atoms with Gasteiger partial charge in [-0.2, -0.15) is 0 Å². The average Bonchev–Trinajstić information content (AvgIpc) is 2.56. The minimum Gasteiger partial charge on any atom is -0.274 e. The highest BCUT2D eigenvalue weighted by atomic mass is 16.2. The van der Waals surface area contributed by atoms with Crippen LogP contribution in [0.1, 0.15) is 69.0 Å². The zero-order valence-corrected chi connectivity index (χ0v) is 12.8. The summed E-state index contributed by atoms with van der Waals surface area (Å²) in [6, 6.07) is 6.34. The van der Waals surface area contributed by atoms with Crippen LogP contribution in [-0.2, 0) is 0 Å². The zero-order valence-electron chi connectivity index (χ0n) is 12.8. The first-order valence-corrected chi connectivity index (χ1v) is 8.60. The number of rotatable bonds is 2. The number of hydrogen-bond donors (Lipinski definition) is 0. The maximum absolute atomic E-state index is 12.8. The molecule has 0 radical (unpaired) electrons. The van der Waals surface area contributed by atoms with Crippen LogP contribution in [0.15, 0.2) is 29.4 Å². The van der Waals surface area contributed by atoms with Gasteiger partial charge in [-0.15, -0.1) is 0 Å². The van der Waals surface area contributed by atoms with E-state index in [4.69, 9.17) is 4.99 Å². The van der Waals surface area contributed by atoms with Crippen molar-refractivity contribution in [3.8, 4) is 0 Å². The first kappa shape index (κ1) is 14.6. The van der Waals surface area contributed by atoms with E-state index < -0.39 is 0 Å². The lowest BCUT2D eigenvalue weighted by atomic mass is 9.88. The summed E-state index contributed by atoms with van der Waals surface area (Å²) in [7, 11) is 0. The first-order valence-electron chi connectivity index (χ1n) is 8.60. The van der Waals surface area contributed by atoms with Crippen molar-refractivity contribution in [2.24, 2.45) is 10.9 Å². The predicted octanol–water partition coefficient (Wildman–Crippen LogP) is 3.94. The van der Waals surface area contributed by atoms with Gasteiger partial charge in [0.15, 0.2) is 0 Å². The van der Waals surface area contributed by atoms with Crippen LogP contribution in [0.25, 0.3) is 0 Å². The maximum atomic E-state index is 12.8. The van der Waals surface area contributed by atoms with E-state index in [-0.39, 0.29) is 11.8 Å². The van der Waals surface area contributed by atoms with Crippen LogP contribution >= 0.6 is 0 Å². The Bertz CT molecular complexity index is 534. The van der Waals surface area contributed by atoms with Gasteiger partial charge >= 0.3 is 0 Å². The van der Waals surface area contributed by atoms with Crippen LogP contribution in [0.4, 0.5) is 0 Å². The number of carbonyl (C=O) groups excluding carboxylic acids is 1. The Balaban J connectivity index is 1.84. The van der Waals surface area contributed by atoms with Gasteiger partial charge in [-0.3, -0.25) is 14.4 Å². The van der Waals surface area contributed by atoms with E-state index in [1.165, 1.54) is 51.4 Å². The summed E-state index contributed by atoms with van der Waals surface area (Å²) in [5.41, 5.74) is 0.861. The summed E-state index contributed by atoms with van der Waals surface area (Å²) in [4.78, 5) is 17.6. The second-order valence-electron chi connectivity index (χ2n) is 6.52. The molecule has 0 atom stereocenters. The molecular weight excluding hydrogens is 260 g/mol. The molecule has 0 amide bonds. The second kappa shape index (κ2) is 7.06. The van der Waals surface area contributed by atoms with Crippen LogP contribution < -0.4 is 5.49 Å². The fourth-order valence-electron chi connectivity index (χ4n) is 3.67. The van der Waals surface area contributed by atoms with Gasteiger partial charge in [0.1, 0.15) is 5.49 Å². The Morgan fingerprint density at radius 2 is 1.62 bits per heavy atom. The molecule has 2 fully saturated rings. The Morgan fingerprint density at radius 1 is 0.952 bits per heavy atom. The Hall–Kier alpha value is -1.38. The Kier molecular flexibility index (Phi) is 4.89.